The van der Waals surface area contributed by atoms with Gasteiger partial charge < -0.3 is 10.0 Å². The third-order valence-electron chi connectivity index (χ3n) is 3.64. The van der Waals surface area contributed by atoms with Gasteiger partial charge in [0.05, 0.1) is 0 Å². The van der Waals surface area contributed by atoms with E-state index in [0.29, 0.717) is 0 Å². The molecule has 1 fully saturated rings. The molecular weight excluding hydrogens is 257 g/mol. The van der Waals surface area contributed by atoms with Crippen LogP contribution in [0.15, 0.2) is 30.3 Å². The van der Waals surface area contributed by atoms with Gasteiger partial charge in [0.15, 0.2) is 0 Å². The summed E-state index contributed by atoms with van der Waals surface area (Å²) in [5.41, 5.74) is 0.811. The third kappa shape index (κ3) is 3.90. The van der Waals surface area contributed by atoms with Crippen molar-refractivity contribution in [3.05, 3.63) is 41.7 Å². The molecule has 108 valence electrons. The lowest BCUT2D eigenvalue weighted by atomic mass is 10.1. The van der Waals surface area contributed by atoms with E-state index in [1.54, 1.807) is 24.3 Å². The van der Waals surface area contributed by atoms with Crippen LogP contribution in [0.1, 0.15) is 31.2 Å². The van der Waals surface area contributed by atoms with Crippen LogP contribution >= 0.6 is 0 Å². The molecule has 1 aromatic rings. The first-order valence-corrected chi connectivity index (χ1v) is 7.06. The largest absolute Gasteiger partial charge is 0.396 e. The monoisotopic (exact) mass is 277 g/mol. The number of hydrogen-bond donors (Lipinski definition) is 1. The Bertz CT molecular complexity index is 470. The molecule has 1 amide bonds. The van der Waals surface area contributed by atoms with E-state index in [9.17, 15) is 9.18 Å². The molecule has 0 saturated carbocycles. The molecule has 20 heavy (non-hydrogen) atoms. The van der Waals surface area contributed by atoms with E-state index in [0.717, 1.165) is 37.8 Å². The topological polar surface area (TPSA) is 40.5 Å². The Kier molecular flexibility index (Phi) is 5.30. The number of carbonyl (C=O) groups excluding carboxylic acids is 1. The molecule has 1 aliphatic rings. The molecule has 0 aromatic heterocycles. The van der Waals surface area contributed by atoms with E-state index in [1.807, 2.05) is 4.90 Å². The van der Waals surface area contributed by atoms with Crippen molar-refractivity contribution in [1.29, 1.82) is 0 Å². The Hall–Kier alpha value is -1.68. The lowest BCUT2D eigenvalue weighted by Crippen LogP contribution is -2.34. The van der Waals surface area contributed by atoms with Crippen LogP contribution in [0.4, 0.5) is 4.39 Å². The molecule has 4 heteroatoms. The molecular formula is C16H20FNO2. The number of halogens is 1. The highest BCUT2D eigenvalue weighted by molar-refractivity contribution is 5.92. The van der Waals surface area contributed by atoms with Gasteiger partial charge >= 0.3 is 0 Å². The van der Waals surface area contributed by atoms with Crippen LogP contribution in [0.3, 0.4) is 0 Å². The van der Waals surface area contributed by atoms with Gasteiger partial charge in [-0.25, -0.2) is 4.39 Å². The molecule has 1 saturated heterocycles. The normalized spacial score (nSPS) is 18.9. The number of rotatable bonds is 5. The number of carbonyl (C=O) groups is 1. The maximum absolute atomic E-state index is 12.8. The summed E-state index contributed by atoms with van der Waals surface area (Å²) in [5, 5.41) is 8.88. The number of amides is 1. The first kappa shape index (κ1) is 14.7. The van der Waals surface area contributed by atoms with Crippen LogP contribution in [-0.2, 0) is 4.79 Å². The highest BCUT2D eigenvalue weighted by atomic mass is 19.1. The number of benzene rings is 1. The van der Waals surface area contributed by atoms with Crippen molar-refractivity contribution in [3.63, 3.8) is 0 Å². The SMILES string of the molecule is O=C(C=Cc1ccc(F)cc1)N1CCCC1CCCO. The maximum atomic E-state index is 12.8. The van der Waals surface area contributed by atoms with Crippen LogP contribution in [-0.4, -0.2) is 35.1 Å². The second-order valence-corrected chi connectivity index (χ2v) is 5.08. The van der Waals surface area contributed by atoms with Crippen molar-refractivity contribution in [2.24, 2.45) is 0 Å². The summed E-state index contributed by atoms with van der Waals surface area (Å²) in [6.07, 6.45) is 6.87. The number of hydrogen-bond acceptors (Lipinski definition) is 2. The van der Waals surface area contributed by atoms with E-state index in [1.165, 1.54) is 12.1 Å². The van der Waals surface area contributed by atoms with Crippen molar-refractivity contribution in [1.82, 2.24) is 4.90 Å². The minimum Gasteiger partial charge on any atom is -0.396 e. The van der Waals surface area contributed by atoms with Gasteiger partial charge in [-0.3, -0.25) is 4.79 Å². The molecule has 1 aromatic carbocycles. The molecule has 3 nitrogen and oxygen atoms in total. The van der Waals surface area contributed by atoms with Crippen molar-refractivity contribution in [2.45, 2.75) is 31.7 Å². The highest BCUT2D eigenvalue weighted by Crippen LogP contribution is 2.21. The molecule has 0 bridgehead atoms. The molecule has 0 radical (unpaired) electrons. The molecule has 0 aliphatic carbocycles. The summed E-state index contributed by atoms with van der Waals surface area (Å²) in [7, 11) is 0. The summed E-state index contributed by atoms with van der Waals surface area (Å²) >= 11 is 0. The molecule has 1 aliphatic heterocycles. The lowest BCUT2D eigenvalue weighted by molar-refractivity contribution is -0.126. The van der Waals surface area contributed by atoms with Gasteiger partial charge in [0.1, 0.15) is 5.82 Å². The van der Waals surface area contributed by atoms with Gasteiger partial charge in [-0.15, -0.1) is 0 Å². The summed E-state index contributed by atoms with van der Waals surface area (Å²) in [4.78, 5) is 14.0. The van der Waals surface area contributed by atoms with Gasteiger partial charge in [0.25, 0.3) is 0 Å². The van der Waals surface area contributed by atoms with Gasteiger partial charge in [-0.2, -0.15) is 0 Å². The van der Waals surface area contributed by atoms with E-state index < -0.39 is 0 Å². The van der Waals surface area contributed by atoms with Crippen molar-refractivity contribution in [2.75, 3.05) is 13.2 Å². The Labute approximate surface area is 118 Å². The number of aliphatic hydroxyl groups is 1. The fraction of sp³-hybridized carbons (Fsp3) is 0.438. The van der Waals surface area contributed by atoms with Crippen molar-refractivity contribution >= 4 is 12.0 Å². The van der Waals surface area contributed by atoms with Gasteiger partial charge in [-0.1, -0.05) is 12.1 Å². The fourth-order valence-corrected chi connectivity index (χ4v) is 2.59. The predicted octanol–water partition coefficient (Wildman–Crippen LogP) is 2.60. The molecule has 1 N–H and O–H groups in total. The first-order chi connectivity index (χ1) is 9.70. The summed E-state index contributed by atoms with van der Waals surface area (Å²) in [6, 6.07) is 6.29. The van der Waals surface area contributed by atoms with E-state index in [4.69, 9.17) is 5.11 Å². The molecule has 0 spiro atoms. The van der Waals surface area contributed by atoms with Crippen LogP contribution < -0.4 is 0 Å². The van der Waals surface area contributed by atoms with Crippen molar-refractivity contribution in [3.8, 4) is 0 Å². The van der Waals surface area contributed by atoms with Gasteiger partial charge in [0, 0.05) is 25.3 Å². The molecule has 1 unspecified atom stereocenters. The zero-order valence-corrected chi connectivity index (χ0v) is 11.5. The third-order valence-corrected chi connectivity index (χ3v) is 3.64. The Morgan fingerprint density at radius 2 is 2.15 bits per heavy atom. The first-order valence-electron chi connectivity index (χ1n) is 7.06. The second-order valence-electron chi connectivity index (χ2n) is 5.08. The number of aliphatic hydroxyl groups excluding tert-OH is 1. The molecule has 1 heterocycles. The Balaban J connectivity index is 1.94. The van der Waals surface area contributed by atoms with E-state index in [2.05, 4.69) is 0 Å². The fourth-order valence-electron chi connectivity index (χ4n) is 2.59. The minimum absolute atomic E-state index is 0.00485. The number of likely N-dealkylation sites (tertiary alicyclic amines) is 1. The van der Waals surface area contributed by atoms with Crippen LogP contribution in [0.5, 0.6) is 0 Å². The average Bonchev–Trinajstić information content (AvgIpc) is 2.92. The van der Waals surface area contributed by atoms with Gasteiger partial charge in [-0.05, 0) is 49.5 Å². The number of nitrogens with zero attached hydrogens (tertiary/aromatic N) is 1. The van der Waals surface area contributed by atoms with Crippen LogP contribution in [0.2, 0.25) is 0 Å². The van der Waals surface area contributed by atoms with Crippen LogP contribution in [0, 0.1) is 5.82 Å². The van der Waals surface area contributed by atoms with E-state index in [-0.39, 0.29) is 24.4 Å². The summed E-state index contributed by atoms with van der Waals surface area (Å²) < 4.78 is 12.8. The second kappa shape index (κ2) is 7.20. The average molecular weight is 277 g/mol. The molecule has 2 rings (SSSR count). The quantitative estimate of drug-likeness (QED) is 0.840. The summed E-state index contributed by atoms with van der Waals surface area (Å²) in [5.74, 6) is -0.285. The zero-order chi connectivity index (χ0) is 14.4. The van der Waals surface area contributed by atoms with Crippen LogP contribution in [0.25, 0.3) is 6.08 Å². The maximum Gasteiger partial charge on any atom is 0.246 e. The summed E-state index contributed by atoms with van der Waals surface area (Å²) in [6.45, 7) is 0.951. The zero-order valence-electron chi connectivity index (χ0n) is 11.5. The van der Waals surface area contributed by atoms with Crippen molar-refractivity contribution < 1.29 is 14.3 Å². The Morgan fingerprint density at radius 3 is 2.85 bits per heavy atom. The standard InChI is InChI=1S/C16H20FNO2/c17-14-8-5-13(6-9-14)7-10-16(20)18-11-1-3-15(18)4-2-12-19/h5-10,15,19H,1-4,11-12H2. The minimum atomic E-state index is -0.280. The molecule has 1 atom stereocenters. The van der Waals surface area contributed by atoms with E-state index >= 15 is 0 Å². The predicted molar refractivity (Wildman–Crippen MR) is 76.5 cm³/mol. The lowest BCUT2D eigenvalue weighted by Gasteiger charge is -2.23. The smallest absolute Gasteiger partial charge is 0.246 e. The highest BCUT2D eigenvalue weighted by Gasteiger charge is 2.26. The Morgan fingerprint density at radius 1 is 1.40 bits per heavy atom. The van der Waals surface area contributed by atoms with Gasteiger partial charge in [0.2, 0.25) is 5.91 Å².